The van der Waals surface area contributed by atoms with E-state index < -0.39 is 6.29 Å². The third-order valence-electron chi connectivity index (χ3n) is 2.47. The Labute approximate surface area is 115 Å². The molecule has 0 fully saturated rings. The molecule has 0 saturated carbocycles. The Bertz CT molecular complexity index is 422. The maximum Gasteiger partial charge on any atom is 0.252 e. The van der Waals surface area contributed by atoms with E-state index in [0.717, 1.165) is 0 Å². The van der Waals surface area contributed by atoms with Gasteiger partial charge in [-0.05, 0) is 41.1 Å². The number of hydrogen-bond donors (Lipinski definition) is 2. The summed E-state index contributed by atoms with van der Waals surface area (Å²) >= 11 is 3.31. The van der Waals surface area contributed by atoms with Gasteiger partial charge in [0.25, 0.3) is 5.91 Å². The largest absolute Gasteiger partial charge is 0.399 e. The number of anilines is 1. The number of nitrogens with one attached hydrogen (secondary N) is 1. The molecule has 0 aliphatic carbocycles. The van der Waals surface area contributed by atoms with Gasteiger partial charge in [0, 0.05) is 24.4 Å². The number of halogens is 1. The Morgan fingerprint density at radius 3 is 2.56 bits per heavy atom. The van der Waals surface area contributed by atoms with Crippen LogP contribution in [0, 0.1) is 0 Å². The summed E-state index contributed by atoms with van der Waals surface area (Å²) in [6.45, 7) is 1.80. The summed E-state index contributed by atoms with van der Waals surface area (Å²) in [4.78, 5) is 12.1. The van der Waals surface area contributed by atoms with Crippen LogP contribution in [0.4, 0.5) is 5.69 Å². The van der Waals surface area contributed by atoms with E-state index in [4.69, 9.17) is 15.2 Å². The minimum absolute atomic E-state index is 0.235. The van der Waals surface area contributed by atoms with E-state index in [9.17, 15) is 4.79 Å². The van der Waals surface area contributed by atoms with Crippen molar-refractivity contribution in [3.8, 4) is 0 Å². The molecule has 0 spiro atoms. The molecule has 1 unspecified atom stereocenters. The molecular formula is C12H17BrN2O3. The second kappa shape index (κ2) is 6.72. The SMILES string of the molecule is COC(OC)C(C)NC(=O)c1cc(N)ccc1Br. The van der Waals surface area contributed by atoms with Gasteiger partial charge in [-0.3, -0.25) is 4.79 Å². The van der Waals surface area contributed by atoms with Crippen molar-refractivity contribution in [2.45, 2.75) is 19.3 Å². The fourth-order valence-electron chi connectivity index (χ4n) is 1.57. The second-order valence-corrected chi connectivity index (χ2v) is 4.70. The van der Waals surface area contributed by atoms with Gasteiger partial charge in [-0.2, -0.15) is 0 Å². The monoisotopic (exact) mass is 316 g/mol. The van der Waals surface area contributed by atoms with Gasteiger partial charge < -0.3 is 20.5 Å². The minimum atomic E-state index is -0.492. The van der Waals surface area contributed by atoms with Gasteiger partial charge >= 0.3 is 0 Å². The van der Waals surface area contributed by atoms with Crippen LogP contribution in [0.2, 0.25) is 0 Å². The topological polar surface area (TPSA) is 73.6 Å². The highest BCUT2D eigenvalue weighted by molar-refractivity contribution is 9.10. The predicted molar refractivity (Wildman–Crippen MR) is 73.3 cm³/mol. The number of nitrogen functional groups attached to an aromatic ring is 1. The van der Waals surface area contributed by atoms with Crippen molar-refractivity contribution in [1.82, 2.24) is 5.32 Å². The van der Waals surface area contributed by atoms with Crippen molar-refractivity contribution in [2.75, 3.05) is 20.0 Å². The second-order valence-electron chi connectivity index (χ2n) is 3.84. The van der Waals surface area contributed by atoms with Crippen LogP contribution in [-0.4, -0.2) is 32.5 Å². The molecule has 100 valence electrons. The number of benzene rings is 1. The summed E-state index contributed by atoms with van der Waals surface area (Å²) in [5, 5.41) is 2.79. The maximum atomic E-state index is 12.1. The Balaban J connectivity index is 2.79. The molecule has 0 radical (unpaired) electrons. The van der Waals surface area contributed by atoms with E-state index in [2.05, 4.69) is 21.2 Å². The van der Waals surface area contributed by atoms with Crippen LogP contribution in [0.5, 0.6) is 0 Å². The average molecular weight is 317 g/mol. The highest BCUT2D eigenvalue weighted by atomic mass is 79.9. The van der Waals surface area contributed by atoms with Gasteiger partial charge in [0.05, 0.1) is 11.6 Å². The predicted octanol–water partition coefficient (Wildman–Crippen LogP) is 1.77. The Kier molecular flexibility index (Phi) is 5.58. The summed E-state index contributed by atoms with van der Waals surface area (Å²) in [6, 6.07) is 4.79. The minimum Gasteiger partial charge on any atom is -0.399 e. The zero-order valence-electron chi connectivity index (χ0n) is 10.6. The molecule has 0 aromatic heterocycles. The van der Waals surface area contributed by atoms with E-state index in [0.29, 0.717) is 15.7 Å². The number of carbonyl (C=O) groups is 1. The van der Waals surface area contributed by atoms with Crippen molar-refractivity contribution in [3.63, 3.8) is 0 Å². The number of amides is 1. The molecule has 0 heterocycles. The zero-order chi connectivity index (χ0) is 13.7. The summed E-state index contributed by atoms with van der Waals surface area (Å²) in [6.07, 6.45) is -0.492. The molecule has 0 bridgehead atoms. The lowest BCUT2D eigenvalue weighted by molar-refractivity contribution is -0.117. The van der Waals surface area contributed by atoms with Crippen molar-refractivity contribution < 1.29 is 14.3 Å². The van der Waals surface area contributed by atoms with Crippen molar-refractivity contribution in [1.29, 1.82) is 0 Å². The normalized spacial score (nSPS) is 12.5. The zero-order valence-corrected chi connectivity index (χ0v) is 12.2. The average Bonchev–Trinajstić information content (AvgIpc) is 2.33. The molecule has 0 aliphatic rings. The molecule has 1 aromatic carbocycles. The van der Waals surface area contributed by atoms with E-state index in [-0.39, 0.29) is 11.9 Å². The number of nitrogens with two attached hydrogens (primary N) is 1. The summed E-state index contributed by atoms with van der Waals surface area (Å²) in [7, 11) is 3.04. The molecule has 1 aromatic rings. The number of methoxy groups -OCH3 is 2. The van der Waals surface area contributed by atoms with E-state index in [1.165, 1.54) is 14.2 Å². The number of hydrogen-bond acceptors (Lipinski definition) is 4. The molecule has 1 atom stereocenters. The lowest BCUT2D eigenvalue weighted by atomic mass is 10.2. The smallest absolute Gasteiger partial charge is 0.252 e. The third-order valence-corrected chi connectivity index (χ3v) is 3.16. The highest BCUT2D eigenvalue weighted by Gasteiger charge is 2.20. The number of ether oxygens (including phenoxy) is 2. The Hall–Kier alpha value is -1.11. The lowest BCUT2D eigenvalue weighted by Crippen LogP contribution is -2.43. The standard InChI is InChI=1S/C12H17BrN2O3/c1-7(12(17-2)18-3)15-11(16)9-6-8(14)4-5-10(9)13/h4-7,12H,14H2,1-3H3,(H,15,16). The Morgan fingerprint density at radius 1 is 1.39 bits per heavy atom. The van der Waals surface area contributed by atoms with Crippen LogP contribution in [0.25, 0.3) is 0 Å². The molecular weight excluding hydrogens is 300 g/mol. The van der Waals surface area contributed by atoms with Crippen molar-refractivity contribution in [3.05, 3.63) is 28.2 Å². The molecule has 6 heteroatoms. The van der Waals surface area contributed by atoms with Gasteiger partial charge in [-0.25, -0.2) is 0 Å². The van der Waals surface area contributed by atoms with Crippen LogP contribution < -0.4 is 11.1 Å². The highest BCUT2D eigenvalue weighted by Crippen LogP contribution is 2.19. The first kappa shape index (κ1) is 14.9. The summed E-state index contributed by atoms with van der Waals surface area (Å²) < 4.78 is 10.8. The maximum absolute atomic E-state index is 12.1. The van der Waals surface area contributed by atoms with Crippen LogP contribution in [-0.2, 0) is 9.47 Å². The molecule has 0 saturated heterocycles. The van der Waals surface area contributed by atoms with Crippen molar-refractivity contribution >= 4 is 27.5 Å². The molecule has 1 rings (SSSR count). The first-order valence-corrected chi connectivity index (χ1v) is 6.20. The number of rotatable bonds is 5. The van der Waals surface area contributed by atoms with E-state index in [1.54, 1.807) is 25.1 Å². The first-order valence-electron chi connectivity index (χ1n) is 5.41. The van der Waals surface area contributed by atoms with Gasteiger partial charge in [0.2, 0.25) is 0 Å². The molecule has 1 amide bonds. The van der Waals surface area contributed by atoms with E-state index in [1.807, 2.05) is 0 Å². The fourth-order valence-corrected chi connectivity index (χ4v) is 2.00. The molecule has 18 heavy (non-hydrogen) atoms. The van der Waals surface area contributed by atoms with Crippen molar-refractivity contribution in [2.24, 2.45) is 0 Å². The fraction of sp³-hybridized carbons (Fsp3) is 0.417. The van der Waals surface area contributed by atoms with Gasteiger partial charge in [-0.1, -0.05) is 0 Å². The first-order chi connectivity index (χ1) is 8.49. The van der Waals surface area contributed by atoms with Crippen LogP contribution in [0.1, 0.15) is 17.3 Å². The summed E-state index contributed by atoms with van der Waals surface area (Å²) in [5.74, 6) is -0.235. The van der Waals surface area contributed by atoms with Gasteiger partial charge in [-0.15, -0.1) is 0 Å². The molecule has 5 nitrogen and oxygen atoms in total. The van der Waals surface area contributed by atoms with Crippen LogP contribution in [0.15, 0.2) is 22.7 Å². The van der Waals surface area contributed by atoms with Crippen LogP contribution >= 0.6 is 15.9 Å². The third kappa shape index (κ3) is 3.69. The Morgan fingerprint density at radius 2 is 2.00 bits per heavy atom. The summed E-state index contributed by atoms with van der Waals surface area (Å²) in [5.41, 5.74) is 6.67. The van der Waals surface area contributed by atoms with Gasteiger partial charge in [0.1, 0.15) is 0 Å². The lowest BCUT2D eigenvalue weighted by Gasteiger charge is -2.22. The molecule has 3 N–H and O–H groups in total. The van der Waals surface area contributed by atoms with Gasteiger partial charge in [0.15, 0.2) is 6.29 Å². The quantitative estimate of drug-likeness (QED) is 0.641. The number of carbonyl (C=O) groups excluding carboxylic acids is 1. The van der Waals surface area contributed by atoms with Crippen LogP contribution in [0.3, 0.4) is 0 Å². The van der Waals surface area contributed by atoms with E-state index >= 15 is 0 Å². The molecule has 0 aliphatic heterocycles.